The van der Waals surface area contributed by atoms with E-state index in [0.29, 0.717) is 28.3 Å². The summed E-state index contributed by atoms with van der Waals surface area (Å²) in [5, 5.41) is 0.159. The molecule has 3 aromatic carbocycles. The third kappa shape index (κ3) is 5.36. The summed E-state index contributed by atoms with van der Waals surface area (Å²) >= 11 is 5.55. The minimum atomic E-state index is -0.537. The van der Waals surface area contributed by atoms with Gasteiger partial charge in [0.1, 0.15) is 36.2 Å². The Labute approximate surface area is 213 Å². The lowest BCUT2D eigenvalue weighted by Gasteiger charge is -2.19. The summed E-state index contributed by atoms with van der Waals surface area (Å²) in [6.45, 7) is -0.132. The molecule has 7 nitrogen and oxygen atoms in total. The fourth-order valence-electron chi connectivity index (χ4n) is 3.58. The van der Waals surface area contributed by atoms with Gasteiger partial charge in [-0.3, -0.25) is 14.5 Å². The Balaban J connectivity index is 1.58. The van der Waals surface area contributed by atoms with E-state index < -0.39 is 5.97 Å². The van der Waals surface area contributed by atoms with Gasteiger partial charge in [0.25, 0.3) is 5.91 Å². The summed E-state index contributed by atoms with van der Waals surface area (Å²) in [4.78, 5) is 28.3. The Kier molecular flexibility index (Phi) is 7.60. The van der Waals surface area contributed by atoms with Crippen LogP contribution in [0, 0.1) is 5.82 Å². The zero-order valence-electron chi connectivity index (χ0n) is 19.6. The van der Waals surface area contributed by atoms with E-state index in [0.717, 1.165) is 0 Å². The van der Waals surface area contributed by atoms with Crippen molar-refractivity contribution in [1.29, 1.82) is 0 Å². The molecule has 1 heterocycles. The molecule has 0 aromatic heterocycles. The topological polar surface area (TPSA) is 68.3 Å². The number of halogens is 1. The van der Waals surface area contributed by atoms with Gasteiger partial charge in [0, 0.05) is 5.56 Å². The number of benzene rings is 3. The third-order valence-electron chi connectivity index (χ3n) is 5.52. The Morgan fingerprint density at radius 2 is 1.64 bits per heavy atom. The molecule has 0 N–H and O–H groups in total. The van der Waals surface area contributed by atoms with Gasteiger partial charge >= 0.3 is 5.97 Å². The van der Waals surface area contributed by atoms with E-state index >= 15 is 0 Å². The second kappa shape index (κ2) is 11.0. The molecule has 9 heteroatoms. The van der Waals surface area contributed by atoms with Gasteiger partial charge in [0.2, 0.25) is 0 Å². The summed E-state index contributed by atoms with van der Waals surface area (Å²) in [6, 6.07) is 20.2. The zero-order chi connectivity index (χ0) is 25.7. The number of carbonyl (C=O) groups excluding carboxylic acids is 2. The first-order chi connectivity index (χ1) is 17.4. The van der Waals surface area contributed by atoms with E-state index in [1.807, 2.05) is 0 Å². The van der Waals surface area contributed by atoms with Gasteiger partial charge in [0.05, 0.1) is 19.9 Å². The van der Waals surface area contributed by atoms with E-state index in [1.165, 1.54) is 23.0 Å². The van der Waals surface area contributed by atoms with E-state index in [4.69, 9.17) is 26.4 Å². The smallest absolute Gasteiger partial charge is 0.325 e. The van der Waals surface area contributed by atoms with Crippen LogP contribution in [0.3, 0.4) is 0 Å². The maximum atomic E-state index is 13.8. The van der Waals surface area contributed by atoms with Crippen LogP contribution in [0.5, 0.6) is 11.5 Å². The fraction of sp³-hybridized carbons (Fsp3) is 0.148. The van der Waals surface area contributed by atoms with Crippen LogP contribution in [-0.2, 0) is 20.9 Å². The van der Waals surface area contributed by atoms with Gasteiger partial charge in [-0.25, -0.2) is 4.39 Å². The second-order valence-corrected chi connectivity index (χ2v) is 8.13. The number of nitrogens with zero attached hydrogens (tertiary/aromatic N) is 2. The van der Waals surface area contributed by atoms with Crippen LogP contribution in [0.25, 0.3) is 6.08 Å². The first kappa shape index (κ1) is 24.9. The minimum absolute atomic E-state index is 0.0869. The maximum absolute atomic E-state index is 13.8. The van der Waals surface area contributed by atoms with Crippen molar-refractivity contribution in [2.45, 2.75) is 6.61 Å². The number of thiocarbonyl (C=S) groups is 1. The SMILES string of the molecule is COC(=O)CN1C(=S)N(c2ccc(OC)cc2)C(=O)/C1=C/c1ccc(OCc2ccccc2F)cc1. The number of hydrogen-bond donors (Lipinski definition) is 0. The second-order valence-electron chi connectivity index (χ2n) is 7.76. The van der Waals surface area contributed by atoms with Crippen molar-refractivity contribution in [2.75, 3.05) is 25.7 Å². The van der Waals surface area contributed by atoms with Crippen LogP contribution < -0.4 is 14.4 Å². The number of methoxy groups -OCH3 is 2. The Bertz CT molecular complexity index is 1310. The quantitative estimate of drug-likeness (QED) is 0.252. The molecule has 1 fully saturated rings. The van der Waals surface area contributed by atoms with Crippen molar-refractivity contribution in [2.24, 2.45) is 0 Å². The average Bonchev–Trinajstić information content (AvgIpc) is 3.12. The van der Waals surface area contributed by atoms with Gasteiger partial charge in [-0.15, -0.1) is 0 Å². The molecule has 0 radical (unpaired) electrons. The van der Waals surface area contributed by atoms with Crippen molar-refractivity contribution < 1.29 is 28.2 Å². The highest BCUT2D eigenvalue weighted by atomic mass is 32.1. The number of amides is 1. The molecule has 1 amide bonds. The molecular weight excluding hydrogens is 483 g/mol. The van der Waals surface area contributed by atoms with E-state index in [-0.39, 0.29) is 35.7 Å². The van der Waals surface area contributed by atoms with Crippen LogP contribution >= 0.6 is 12.2 Å². The van der Waals surface area contributed by atoms with Crippen LogP contribution in [0.1, 0.15) is 11.1 Å². The summed E-state index contributed by atoms with van der Waals surface area (Å²) in [7, 11) is 2.82. The monoisotopic (exact) mass is 506 g/mol. The molecule has 3 aromatic rings. The van der Waals surface area contributed by atoms with Crippen LogP contribution in [0.15, 0.2) is 78.5 Å². The van der Waals surface area contributed by atoms with Crippen molar-refractivity contribution in [3.8, 4) is 11.5 Å². The number of rotatable bonds is 8. The third-order valence-corrected chi connectivity index (χ3v) is 5.92. The summed E-state index contributed by atoms with van der Waals surface area (Å²) in [5.74, 6) is -0.0732. The molecule has 1 aliphatic heterocycles. The maximum Gasteiger partial charge on any atom is 0.325 e. The molecule has 0 spiro atoms. The number of carbonyl (C=O) groups is 2. The molecule has 1 saturated heterocycles. The molecule has 0 bridgehead atoms. The normalized spacial score (nSPS) is 14.4. The Morgan fingerprint density at radius 3 is 2.28 bits per heavy atom. The number of hydrogen-bond acceptors (Lipinski definition) is 6. The van der Waals surface area contributed by atoms with Crippen molar-refractivity contribution in [3.63, 3.8) is 0 Å². The fourth-order valence-corrected chi connectivity index (χ4v) is 3.93. The van der Waals surface area contributed by atoms with E-state index in [9.17, 15) is 14.0 Å². The molecule has 0 unspecified atom stereocenters. The van der Waals surface area contributed by atoms with Gasteiger partial charge < -0.3 is 19.1 Å². The molecular formula is C27H23FN2O5S. The summed E-state index contributed by atoms with van der Waals surface area (Å²) < 4.78 is 29.5. The zero-order valence-corrected chi connectivity index (χ0v) is 20.5. The molecule has 0 atom stereocenters. The first-order valence-corrected chi connectivity index (χ1v) is 11.4. The van der Waals surface area contributed by atoms with E-state index in [1.54, 1.807) is 79.9 Å². The average molecular weight is 507 g/mol. The highest BCUT2D eigenvalue weighted by molar-refractivity contribution is 7.80. The predicted octanol–water partition coefficient (Wildman–Crippen LogP) is 4.56. The Morgan fingerprint density at radius 1 is 0.972 bits per heavy atom. The predicted molar refractivity (Wildman–Crippen MR) is 137 cm³/mol. The summed E-state index contributed by atoms with van der Waals surface area (Å²) in [6.07, 6.45) is 1.64. The molecule has 0 saturated carbocycles. The van der Waals surface area contributed by atoms with Crippen LogP contribution in [0.4, 0.5) is 10.1 Å². The molecule has 4 rings (SSSR count). The van der Waals surface area contributed by atoms with Crippen molar-refractivity contribution in [3.05, 3.63) is 95.4 Å². The Hall–Kier alpha value is -4.24. The minimum Gasteiger partial charge on any atom is -0.497 e. The van der Waals surface area contributed by atoms with Crippen molar-refractivity contribution in [1.82, 2.24) is 4.90 Å². The van der Waals surface area contributed by atoms with Crippen molar-refractivity contribution >= 4 is 41.0 Å². The van der Waals surface area contributed by atoms with Gasteiger partial charge in [-0.05, 0) is 66.3 Å². The lowest BCUT2D eigenvalue weighted by atomic mass is 10.1. The van der Waals surface area contributed by atoms with E-state index in [2.05, 4.69) is 0 Å². The van der Waals surface area contributed by atoms with Gasteiger partial charge in [-0.1, -0.05) is 30.3 Å². The van der Waals surface area contributed by atoms with Gasteiger partial charge in [0.15, 0.2) is 5.11 Å². The number of esters is 1. The summed E-state index contributed by atoms with van der Waals surface area (Å²) in [5.41, 5.74) is 1.90. The largest absolute Gasteiger partial charge is 0.497 e. The van der Waals surface area contributed by atoms with Crippen LogP contribution in [0.2, 0.25) is 0 Å². The molecule has 184 valence electrons. The number of ether oxygens (including phenoxy) is 3. The highest BCUT2D eigenvalue weighted by Gasteiger charge is 2.40. The highest BCUT2D eigenvalue weighted by Crippen LogP contribution is 2.30. The number of anilines is 1. The molecule has 36 heavy (non-hydrogen) atoms. The lowest BCUT2D eigenvalue weighted by molar-refractivity contribution is -0.140. The molecule has 0 aliphatic carbocycles. The molecule has 1 aliphatic rings. The first-order valence-electron chi connectivity index (χ1n) is 11.0. The van der Waals surface area contributed by atoms with Gasteiger partial charge in [-0.2, -0.15) is 0 Å². The standard InChI is InChI=1S/C27H23FN2O5S/c1-33-21-13-9-20(10-14-21)30-26(32)24(29(27(30)36)16-25(31)34-2)15-18-7-11-22(12-8-18)35-17-19-5-3-4-6-23(19)28/h3-15H,16-17H2,1-2H3/b24-15-. The lowest BCUT2D eigenvalue weighted by Crippen LogP contribution is -2.35. The van der Waals surface area contributed by atoms with Crippen LogP contribution in [-0.4, -0.2) is 42.7 Å².